The zero-order valence-corrected chi connectivity index (χ0v) is 15.5. The number of aryl methyl sites for hydroxylation is 1. The third-order valence-electron chi connectivity index (χ3n) is 4.04. The van der Waals surface area contributed by atoms with E-state index >= 15 is 0 Å². The van der Waals surface area contributed by atoms with Crippen LogP contribution in [0.1, 0.15) is 29.4 Å². The molecule has 1 amide bonds. The van der Waals surface area contributed by atoms with E-state index in [1.807, 2.05) is 30.3 Å². The summed E-state index contributed by atoms with van der Waals surface area (Å²) in [5.41, 5.74) is 1.29. The van der Waals surface area contributed by atoms with Gasteiger partial charge in [0.15, 0.2) is 0 Å². The molecule has 0 aliphatic carbocycles. The quantitative estimate of drug-likeness (QED) is 0.770. The van der Waals surface area contributed by atoms with Crippen molar-refractivity contribution < 1.29 is 18.7 Å². The minimum atomic E-state index is -0.444. The molecule has 1 N–H and O–H groups in total. The summed E-state index contributed by atoms with van der Waals surface area (Å²) in [6.07, 6.45) is 0.137. The van der Waals surface area contributed by atoms with Crippen molar-refractivity contribution >= 4 is 23.6 Å². The molecule has 3 rings (SSSR count). The van der Waals surface area contributed by atoms with Crippen LogP contribution in [-0.2, 0) is 20.9 Å². The number of ether oxygens (including phenoxy) is 1. The molecule has 1 atom stereocenters. The number of allylic oxidation sites excluding steroid dienone is 1. The first kappa shape index (κ1) is 18.8. The van der Waals surface area contributed by atoms with Crippen molar-refractivity contribution in [3.63, 3.8) is 0 Å². The van der Waals surface area contributed by atoms with Crippen molar-refractivity contribution in [1.29, 1.82) is 5.26 Å². The summed E-state index contributed by atoms with van der Waals surface area (Å²) in [4.78, 5) is 24.1. The van der Waals surface area contributed by atoms with Crippen molar-refractivity contribution in [2.45, 2.75) is 25.9 Å². The predicted octanol–water partition coefficient (Wildman–Crippen LogP) is 3.40. The molecule has 1 aliphatic rings. The molecule has 27 heavy (non-hydrogen) atoms. The Morgan fingerprint density at radius 1 is 1.33 bits per heavy atom. The van der Waals surface area contributed by atoms with Crippen LogP contribution in [0.2, 0.25) is 0 Å². The Kier molecular flexibility index (Phi) is 5.99. The number of furan rings is 1. The van der Waals surface area contributed by atoms with E-state index < -0.39 is 11.9 Å². The number of nitrogens with one attached hydrogen (secondary N) is 1. The maximum atomic E-state index is 12.1. The highest BCUT2D eigenvalue weighted by molar-refractivity contribution is 8.03. The maximum Gasteiger partial charge on any atom is 0.316 e. The van der Waals surface area contributed by atoms with E-state index in [9.17, 15) is 14.9 Å². The fourth-order valence-corrected chi connectivity index (χ4v) is 3.60. The van der Waals surface area contributed by atoms with Gasteiger partial charge < -0.3 is 14.5 Å². The van der Waals surface area contributed by atoms with Crippen LogP contribution in [0, 0.1) is 18.3 Å². The Morgan fingerprint density at radius 2 is 2.11 bits per heavy atom. The van der Waals surface area contributed by atoms with E-state index in [0.29, 0.717) is 22.1 Å². The number of hydrogen-bond acceptors (Lipinski definition) is 6. The summed E-state index contributed by atoms with van der Waals surface area (Å²) in [6.45, 7) is 1.99. The van der Waals surface area contributed by atoms with Gasteiger partial charge in [-0.05, 0) is 24.6 Å². The van der Waals surface area contributed by atoms with Gasteiger partial charge in [-0.3, -0.25) is 9.59 Å². The van der Waals surface area contributed by atoms with Gasteiger partial charge >= 0.3 is 5.97 Å². The van der Waals surface area contributed by atoms with Crippen molar-refractivity contribution in [2.24, 2.45) is 0 Å². The SMILES string of the molecule is Cc1ccc([C@@H]2CC(=O)NC(SCC(=O)OCc3ccccc3)=C2C#N)o1. The normalized spacial score (nSPS) is 16.6. The van der Waals surface area contributed by atoms with Gasteiger partial charge in [0.2, 0.25) is 5.91 Å². The highest BCUT2D eigenvalue weighted by Crippen LogP contribution is 2.36. The molecule has 0 bridgehead atoms. The van der Waals surface area contributed by atoms with E-state index in [2.05, 4.69) is 11.4 Å². The number of thioether (sulfide) groups is 1. The van der Waals surface area contributed by atoms with Gasteiger partial charge in [-0.2, -0.15) is 5.26 Å². The van der Waals surface area contributed by atoms with Crippen LogP contribution in [-0.4, -0.2) is 17.6 Å². The van der Waals surface area contributed by atoms with Gasteiger partial charge in [0.05, 0.1) is 28.3 Å². The van der Waals surface area contributed by atoms with Crippen LogP contribution in [0.5, 0.6) is 0 Å². The predicted molar refractivity (Wildman–Crippen MR) is 100 cm³/mol. The lowest BCUT2D eigenvalue weighted by molar-refractivity contribution is -0.141. The van der Waals surface area contributed by atoms with E-state index in [1.165, 1.54) is 0 Å². The monoisotopic (exact) mass is 382 g/mol. The lowest BCUT2D eigenvalue weighted by Gasteiger charge is -2.23. The van der Waals surface area contributed by atoms with Crippen molar-refractivity contribution in [3.05, 3.63) is 70.2 Å². The molecule has 1 aromatic carbocycles. The average molecular weight is 382 g/mol. The molecule has 2 heterocycles. The Hall–Kier alpha value is -2.98. The number of nitriles is 1. The van der Waals surface area contributed by atoms with Crippen LogP contribution in [0.3, 0.4) is 0 Å². The van der Waals surface area contributed by atoms with Crippen LogP contribution in [0.4, 0.5) is 0 Å². The van der Waals surface area contributed by atoms with Gasteiger partial charge in [-0.15, -0.1) is 0 Å². The zero-order chi connectivity index (χ0) is 19.2. The Labute approximate surface area is 161 Å². The Balaban J connectivity index is 1.66. The smallest absolute Gasteiger partial charge is 0.316 e. The minimum absolute atomic E-state index is 0.00245. The Bertz CT molecular complexity index is 912. The highest BCUT2D eigenvalue weighted by atomic mass is 32.2. The molecule has 0 radical (unpaired) electrons. The maximum absolute atomic E-state index is 12.1. The molecule has 2 aromatic rings. The topological polar surface area (TPSA) is 92.3 Å². The number of hydrogen-bond donors (Lipinski definition) is 1. The number of esters is 1. The fraction of sp³-hybridized carbons (Fsp3) is 0.250. The van der Waals surface area contributed by atoms with Crippen LogP contribution < -0.4 is 5.32 Å². The van der Waals surface area contributed by atoms with Crippen LogP contribution in [0.15, 0.2) is 57.5 Å². The van der Waals surface area contributed by atoms with Crippen molar-refractivity contribution in [3.8, 4) is 6.07 Å². The molecule has 1 aromatic heterocycles. The van der Waals surface area contributed by atoms with Gasteiger partial charge in [0, 0.05) is 6.42 Å². The first-order chi connectivity index (χ1) is 13.1. The average Bonchev–Trinajstić information content (AvgIpc) is 3.11. The van der Waals surface area contributed by atoms with E-state index in [1.54, 1.807) is 19.1 Å². The second-order valence-electron chi connectivity index (χ2n) is 6.04. The fourth-order valence-electron chi connectivity index (χ4n) is 2.73. The molecule has 0 saturated heterocycles. The largest absolute Gasteiger partial charge is 0.466 e. The van der Waals surface area contributed by atoms with Crippen LogP contribution >= 0.6 is 11.8 Å². The van der Waals surface area contributed by atoms with Gasteiger partial charge in [0.1, 0.15) is 18.1 Å². The summed E-state index contributed by atoms with van der Waals surface area (Å²) in [5, 5.41) is 12.6. The van der Waals surface area contributed by atoms with E-state index in [4.69, 9.17) is 9.15 Å². The molecule has 0 unspecified atom stereocenters. The van der Waals surface area contributed by atoms with Gasteiger partial charge in [-0.1, -0.05) is 42.1 Å². The molecule has 138 valence electrons. The van der Waals surface area contributed by atoms with Gasteiger partial charge in [0.25, 0.3) is 0 Å². The second-order valence-corrected chi connectivity index (χ2v) is 7.03. The lowest BCUT2D eigenvalue weighted by Crippen LogP contribution is -2.31. The molecule has 0 spiro atoms. The minimum Gasteiger partial charge on any atom is -0.466 e. The summed E-state index contributed by atoms with van der Waals surface area (Å²) in [5.74, 6) is 0.209. The number of carbonyl (C=O) groups excluding carboxylic acids is 2. The summed E-state index contributed by atoms with van der Waals surface area (Å²) >= 11 is 1.09. The van der Waals surface area contributed by atoms with Crippen molar-refractivity contribution in [1.82, 2.24) is 5.32 Å². The summed E-state index contributed by atoms with van der Waals surface area (Å²) in [6, 6.07) is 15.1. The summed E-state index contributed by atoms with van der Waals surface area (Å²) in [7, 11) is 0. The first-order valence-electron chi connectivity index (χ1n) is 8.39. The highest BCUT2D eigenvalue weighted by Gasteiger charge is 2.31. The van der Waals surface area contributed by atoms with E-state index in [0.717, 1.165) is 17.3 Å². The number of nitrogens with zero attached hydrogens (tertiary/aromatic N) is 1. The molecular weight excluding hydrogens is 364 g/mol. The van der Waals surface area contributed by atoms with Gasteiger partial charge in [-0.25, -0.2) is 0 Å². The number of carbonyl (C=O) groups is 2. The molecule has 0 fully saturated rings. The number of amides is 1. The lowest BCUT2D eigenvalue weighted by atomic mass is 9.92. The molecular formula is C20H18N2O4S. The van der Waals surface area contributed by atoms with Crippen LogP contribution in [0.25, 0.3) is 0 Å². The standard InChI is InChI=1S/C20H18N2O4S/c1-13-7-8-17(26-13)15-9-18(23)22-20(16(15)10-21)27-12-19(24)25-11-14-5-3-2-4-6-14/h2-8,15H,9,11-12H2,1H3,(H,22,23)/t15-/m1/s1. The first-order valence-corrected chi connectivity index (χ1v) is 9.38. The Morgan fingerprint density at radius 3 is 2.78 bits per heavy atom. The third-order valence-corrected chi connectivity index (χ3v) is 5.03. The number of rotatable bonds is 6. The third kappa shape index (κ3) is 4.80. The summed E-state index contributed by atoms with van der Waals surface area (Å²) < 4.78 is 10.8. The molecule has 0 saturated carbocycles. The number of benzene rings is 1. The molecule has 7 heteroatoms. The molecule has 1 aliphatic heterocycles. The second kappa shape index (κ2) is 8.60. The zero-order valence-electron chi connectivity index (χ0n) is 14.7. The molecule has 6 nitrogen and oxygen atoms in total. The van der Waals surface area contributed by atoms with E-state index in [-0.39, 0.29) is 24.7 Å². The van der Waals surface area contributed by atoms with Crippen molar-refractivity contribution in [2.75, 3.05) is 5.75 Å².